The number of hydrogen-bond acceptors (Lipinski definition) is 2. The SMILES string of the molecule is CC(C)(N)C1CCOC1. The Morgan fingerprint density at radius 1 is 1.56 bits per heavy atom. The van der Waals surface area contributed by atoms with Gasteiger partial charge in [0.05, 0.1) is 6.61 Å². The van der Waals surface area contributed by atoms with E-state index in [4.69, 9.17) is 10.5 Å². The van der Waals surface area contributed by atoms with Gasteiger partial charge < -0.3 is 10.5 Å². The molecular formula is C7H15NO. The van der Waals surface area contributed by atoms with Gasteiger partial charge in [0.15, 0.2) is 0 Å². The molecule has 0 amide bonds. The highest BCUT2D eigenvalue weighted by Gasteiger charge is 2.28. The van der Waals surface area contributed by atoms with Crippen LogP contribution in [0.25, 0.3) is 0 Å². The van der Waals surface area contributed by atoms with E-state index in [2.05, 4.69) is 13.8 Å². The molecule has 2 nitrogen and oxygen atoms in total. The third-order valence-corrected chi connectivity index (χ3v) is 1.98. The summed E-state index contributed by atoms with van der Waals surface area (Å²) in [7, 11) is 0. The molecule has 0 spiro atoms. The van der Waals surface area contributed by atoms with Crippen LogP contribution in [-0.4, -0.2) is 18.8 Å². The molecule has 1 rings (SSSR count). The largest absolute Gasteiger partial charge is 0.381 e. The summed E-state index contributed by atoms with van der Waals surface area (Å²) in [4.78, 5) is 0. The van der Waals surface area contributed by atoms with Crippen molar-refractivity contribution in [2.75, 3.05) is 13.2 Å². The molecule has 1 saturated heterocycles. The molecular weight excluding hydrogens is 114 g/mol. The van der Waals surface area contributed by atoms with Gasteiger partial charge in [-0.15, -0.1) is 0 Å². The van der Waals surface area contributed by atoms with Gasteiger partial charge in [-0.1, -0.05) is 0 Å². The molecule has 0 aliphatic carbocycles. The van der Waals surface area contributed by atoms with Crippen LogP contribution in [0.4, 0.5) is 0 Å². The smallest absolute Gasteiger partial charge is 0.0512 e. The Morgan fingerprint density at radius 3 is 2.44 bits per heavy atom. The number of rotatable bonds is 1. The van der Waals surface area contributed by atoms with Crippen molar-refractivity contribution < 1.29 is 4.74 Å². The lowest BCUT2D eigenvalue weighted by Gasteiger charge is -2.24. The molecule has 0 saturated carbocycles. The van der Waals surface area contributed by atoms with Crippen molar-refractivity contribution in [3.8, 4) is 0 Å². The van der Waals surface area contributed by atoms with E-state index in [0.29, 0.717) is 5.92 Å². The first-order chi connectivity index (χ1) is 4.11. The van der Waals surface area contributed by atoms with E-state index in [9.17, 15) is 0 Å². The first-order valence-electron chi connectivity index (χ1n) is 3.47. The lowest BCUT2D eigenvalue weighted by molar-refractivity contribution is 0.170. The Balaban J connectivity index is 2.42. The number of hydrogen-bond donors (Lipinski definition) is 1. The van der Waals surface area contributed by atoms with Gasteiger partial charge in [-0.05, 0) is 20.3 Å². The van der Waals surface area contributed by atoms with Gasteiger partial charge in [-0.3, -0.25) is 0 Å². The first kappa shape index (κ1) is 7.03. The van der Waals surface area contributed by atoms with E-state index in [1.807, 2.05) is 0 Å². The van der Waals surface area contributed by atoms with Gasteiger partial charge >= 0.3 is 0 Å². The van der Waals surface area contributed by atoms with Gasteiger partial charge in [0, 0.05) is 18.1 Å². The van der Waals surface area contributed by atoms with Gasteiger partial charge in [-0.2, -0.15) is 0 Å². The predicted octanol–water partition coefficient (Wildman–Crippen LogP) is 0.760. The minimum absolute atomic E-state index is 0.0451. The maximum atomic E-state index is 5.86. The molecule has 0 aromatic carbocycles. The normalized spacial score (nSPS) is 29.0. The Bertz CT molecular complexity index is 89.6. The van der Waals surface area contributed by atoms with E-state index in [0.717, 1.165) is 19.6 Å². The van der Waals surface area contributed by atoms with E-state index in [1.54, 1.807) is 0 Å². The van der Waals surface area contributed by atoms with Crippen LogP contribution in [0.5, 0.6) is 0 Å². The Morgan fingerprint density at radius 2 is 2.22 bits per heavy atom. The average molecular weight is 129 g/mol. The lowest BCUT2D eigenvalue weighted by atomic mass is 9.88. The van der Waals surface area contributed by atoms with E-state index in [1.165, 1.54) is 0 Å². The molecule has 2 N–H and O–H groups in total. The molecule has 1 aliphatic heterocycles. The minimum Gasteiger partial charge on any atom is -0.381 e. The van der Waals surface area contributed by atoms with Gasteiger partial charge in [0.1, 0.15) is 0 Å². The molecule has 0 bridgehead atoms. The Hall–Kier alpha value is -0.0800. The summed E-state index contributed by atoms with van der Waals surface area (Å²) < 4.78 is 5.20. The molecule has 0 radical (unpaired) electrons. The standard InChI is InChI=1S/C7H15NO/c1-7(2,8)6-3-4-9-5-6/h6H,3-5,8H2,1-2H3. The highest BCUT2D eigenvalue weighted by atomic mass is 16.5. The van der Waals surface area contributed by atoms with Crippen LogP contribution in [0.15, 0.2) is 0 Å². The molecule has 1 unspecified atom stereocenters. The van der Waals surface area contributed by atoms with Crippen LogP contribution in [-0.2, 0) is 4.74 Å². The molecule has 1 heterocycles. The zero-order chi connectivity index (χ0) is 6.91. The first-order valence-corrected chi connectivity index (χ1v) is 3.47. The van der Waals surface area contributed by atoms with E-state index >= 15 is 0 Å². The van der Waals surface area contributed by atoms with Crippen molar-refractivity contribution in [1.29, 1.82) is 0 Å². The van der Waals surface area contributed by atoms with Crippen LogP contribution >= 0.6 is 0 Å². The van der Waals surface area contributed by atoms with Crippen LogP contribution < -0.4 is 5.73 Å². The fourth-order valence-electron chi connectivity index (χ4n) is 1.12. The second-order valence-electron chi connectivity index (χ2n) is 3.38. The monoisotopic (exact) mass is 129 g/mol. The molecule has 1 atom stereocenters. The van der Waals surface area contributed by atoms with Gasteiger partial charge in [0.2, 0.25) is 0 Å². The lowest BCUT2D eigenvalue weighted by Crippen LogP contribution is -2.41. The fourth-order valence-corrected chi connectivity index (χ4v) is 1.12. The van der Waals surface area contributed by atoms with Gasteiger partial charge in [-0.25, -0.2) is 0 Å². The summed E-state index contributed by atoms with van der Waals surface area (Å²) >= 11 is 0. The van der Waals surface area contributed by atoms with Crippen LogP contribution in [0.1, 0.15) is 20.3 Å². The Kier molecular flexibility index (Phi) is 1.78. The van der Waals surface area contributed by atoms with E-state index < -0.39 is 0 Å². The van der Waals surface area contributed by atoms with Crippen molar-refractivity contribution in [3.05, 3.63) is 0 Å². The third-order valence-electron chi connectivity index (χ3n) is 1.98. The molecule has 0 aromatic rings. The van der Waals surface area contributed by atoms with Crippen molar-refractivity contribution in [3.63, 3.8) is 0 Å². The second kappa shape index (κ2) is 2.27. The van der Waals surface area contributed by atoms with Crippen molar-refractivity contribution >= 4 is 0 Å². The fraction of sp³-hybridized carbons (Fsp3) is 1.00. The topological polar surface area (TPSA) is 35.2 Å². The molecule has 0 aromatic heterocycles. The maximum absolute atomic E-state index is 5.86. The summed E-state index contributed by atoms with van der Waals surface area (Å²) in [6.07, 6.45) is 1.13. The predicted molar refractivity (Wildman–Crippen MR) is 37.2 cm³/mol. The summed E-state index contributed by atoms with van der Waals surface area (Å²) in [5.41, 5.74) is 5.82. The molecule has 2 heteroatoms. The summed E-state index contributed by atoms with van der Waals surface area (Å²) in [6, 6.07) is 0. The van der Waals surface area contributed by atoms with Crippen LogP contribution in [0, 0.1) is 5.92 Å². The van der Waals surface area contributed by atoms with Crippen LogP contribution in [0.2, 0.25) is 0 Å². The highest BCUT2D eigenvalue weighted by molar-refractivity contribution is 4.84. The zero-order valence-corrected chi connectivity index (χ0v) is 6.18. The molecule has 1 aliphatic rings. The quantitative estimate of drug-likeness (QED) is 0.567. The van der Waals surface area contributed by atoms with Gasteiger partial charge in [0.25, 0.3) is 0 Å². The molecule has 9 heavy (non-hydrogen) atoms. The summed E-state index contributed by atoms with van der Waals surface area (Å²) in [5.74, 6) is 0.567. The van der Waals surface area contributed by atoms with Crippen LogP contribution in [0.3, 0.4) is 0 Å². The zero-order valence-electron chi connectivity index (χ0n) is 6.18. The number of ether oxygens (including phenoxy) is 1. The highest BCUT2D eigenvalue weighted by Crippen LogP contribution is 2.22. The average Bonchev–Trinajstić information content (AvgIpc) is 2.08. The minimum atomic E-state index is -0.0451. The molecule has 1 fully saturated rings. The molecule has 54 valence electrons. The van der Waals surface area contributed by atoms with Crippen molar-refractivity contribution in [2.24, 2.45) is 11.7 Å². The van der Waals surface area contributed by atoms with Crippen molar-refractivity contribution in [2.45, 2.75) is 25.8 Å². The maximum Gasteiger partial charge on any atom is 0.0512 e. The Labute approximate surface area is 56.4 Å². The third kappa shape index (κ3) is 1.66. The second-order valence-corrected chi connectivity index (χ2v) is 3.38. The number of nitrogens with two attached hydrogens (primary N) is 1. The van der Waals surface area contributed by atoms with Crippen molar-refractivity contribution in [1.82, 2.24) is 0 Å². The van der Waals surface area contributed by atoms with E-state index in [-0.39, 0.29) is 5.54 Å². The summed E-state index contributed by atoms with van der Waals surface area (Å²) in [6.45, 7) is 5.87. The summed E-state index contributed by atoms with van der Waals surface area (Å²) in [5, 5.41) is 0.